The number of hydrogen-bond donors (Lipinski definition) is 1. The number of unbranched alkanes of at least 4 members (excludes halogenated alkanes) is 2. The van der Waals surface area contributed by atoms with Crippen LogP contribution in [0.25, 0.3) is 0 Å². The van der Waals surface area contributed by atoms with Crippen LogP contribution in [0.3, 0.4) is 0 Å². The first-order chi connectivity index (χ1) is 19.7. The topological polar surface area (TPSA) is 184 Å². The molecule has 0 saturated heterocycles. The average molecular weight is 651 g/mol. The summed E-state index contributed by atoms with van der Waals surface area (Å²) in [5, 5.41) is 8.80. The lowest BCUT2D eigenvalue weighted by atomic mass is 9.95. The van der Waals surface area contributed by atoms with E-state index in [1.807, 2.05) is 30.3 Å². The van der Waals surface area contributed by atoms with Gasteiger partial charge in [-0.1, -0.05) is 30.3 Å². The minimum Gasteiger partial charge on any atom is -0.481 e. The number of carboxylic acid groups (broad SMARTS) is 1. The van der Waals surface area contributed by atoms with Crippen LogP contribution in [0.2, 0.25) is 0 Å². The van der Waals surface area contributed by atoms with E-state index in [4.69, 9.17) is 14.0 Å². The maximum Gasteiger partial charge on any atom is 0.314 e. The molecule has 0 radical (unpaired) electrons. The number of benzene rings is 1. The van der Waals surface area contributed by atoms with Gasteiger partial charge in [-0.05, 0) is 72.8 Å². The molecule has 1 aromatic carbocycles. The highest BCUT2D eigenvalue weighted by atomic mass is 32.2. The molecule has 1 aromatic rings. The number of hydrogen-bond acceptors (Lipinski definition) is 11. The molecule has 0 saturated carbocycles. The number of carbonyl (C=O) groups excluding carboxylic acids is 3. The molecule has 0 amide bonds. The van der Waals surface area contributed by atoms with E-state index in [0.717, 1.165) is 5.56 Å². The summed E-state index contributed by atoms with van der Waals surface area (Å²) in [6, 6.07) is 9.22. The molecule has 246 valence electrons. The predicted molar refractivity (Wildman–Crippen MR) is 160 cm³/mol. The molecule has 0 atom stereocenters. The van der Waals surface area contributed by atoms with Gasteiger partial charge in [0.15, 0.2) is 0 Å². The van der Waals surface area contributed by atoms with Crippen molar-refractivity contribution in [1.82, 2.24) is 0 Å². The van der Waals surface area contributed by atoms with Crippen LogP contribution in [0.15, 0.2) is 30.3 Å². The van der Waals surface area contributed by atoms with Crippen LogP contribution in [0.1, 0.15) is 85.6 Å². The highest BCUT2D eigenvalue weighted by Gasteiger charge is 2.32. The maximum atomic E-state index is 12.2. The second-order valence-electron chi connectivity index (χ2n) is 11.5. The number of ketones is 2. The van der Waals surface area contributed by atoms with Crippen LogP contribution < -0.4 is 0 Å². The average Bonchev–Trinajstić information content (AvgIpc) is 2.91. The Labute approximate surface area is 255 Å². The van der Waals surface area contributed by atoms with Crippen LogP contribution in [0, 0.1) is 10.8 Å². The molecule has 43 heavy (non-hydrogen) atoms. The second-order valence-corrected chi connectivity index (χ2v) is 15.0. The van der Waals surface area contributed by atoms with Gasteiger partial charge in [-0.2, -0.15) is 16.8 Å². The number of ether oxygens (including phenoxy) is 1. The predicted octanol–water partition coefficient (Wildman–Crippen LogP) is 4.06. The molecule has 0 bridgehead atoms. The number of carboxylic acids is 1. The summed E-state index contributed by atoms with van der Waals surface area (Å²) in [4.78, 5) is 44.4. The number of esters is 1. The zero-order valence-electron chi connectivity index (χ0n) is 25.9. The quantitative estimate of drug-likeness (QED) is 0.121. The Hall–Kier alpha value is -2.68. The largest absolute Gasteiger partial charge is 0.481 e. The zero-order chi connectivity index (χ0) is 33.3. The van der Waals surface area contributed by atoms with Crippen molar-refractivity contribution < 1.29 is 54.2 Å². The Balaban J connectivity index is 0.000000869. The van der Waals surface area contributed by atoms with Gasteiger partial charge in [-0.15, -0.1) is 0 Å². The molecule has 0 aliphatic rings. The highest BCUT2D eigenvalue weighted by Crippen LogP contribution is 2.21. The zero-order valence-corrected chi connectivity index (χ0v) is 27.6. The van der Waals surface area contributed by atoms with Crippen LogP contribution in [0.4, 0.5) is 0 Å². The third kappa shape index (κ3) is 20.0. The summed E-state index contributed by atoms with van der Waals surface area (Å²) in [5.74, 6) is -1.97. The van der Waals surface area contributed by atoms with Crippen molar-refractivity contribution in [2.75, 3.05) is 24.7 Å². The summed E-state index contributed by atoms with van der Waals surface area (Å²) in [6.45, 7) is 8.29. The number of carbonyl (C=O) groups is 4. The number of aliphatic carboxylic acids is 1. The highest BCUT2D eigenvalue weighted by molar-refractivity contribution is 7.86. The molecule has 0 heterocycles. The van der Waals surface area contributed by atoms with Crippen molar-refractivity contribution in [2.24, 2.45) is 10.8 Å². The minimum atomic E-state index is -3.73. The first-order valence-corrected chi connectivity index (χ1v) is 17.0. The Bertz CT molecular complexity index is 1250. The molecule has 1 rings (SSSR count). The van der Waals surface area contributed by atoms with Crippen molar-refractivity contribution in [3.63, 3.8) is 0 Å². The van der Waals surface area contributed by atoms with Gasteiger partial charge in [-0.3, -0.25) is 18.0 Å². The summed E-state index contributed by atoms with van der Waals surface area (Å²) in [5.41, 5.74) is -1.47. The van der Waals surface area contributed by atoms with Crippen LogP contribution >= 0.6 is 0 Å². The van der Waals surface area contributed by atoms with Crippen molar-refractivity contribution in [3.8, 4) is 0 Å². The monoisotopic (exact) mass is 650 g/mol. The van der Waals surface area contributed by atoms with Crippen molar-refractivity contribution in [1.29, 1.82) is 0 Å². The van der Waals surface area contributed by atoms with E-state index in [-0.39, 0.29) is 36.3 Å². The van der Waals surface area contributed by atoms with Gasteiger partial charge < -0.3 is 19.4 Å². The lowest BCUT2D eigenvalue weighted by molar-refractivity contribution is -0.157. The molecule has 0 unspecified atom stereocenters. The molecule has 0 aliphatic heterocycles. The standard InChI is InChI=1S/C18H26O6S.C11H20O6S/c1-15(19)9-7-8-12-25(21,22)24-14-18(2,3)17(20)23-13-16-10-5-4-6-11-16;1-9(12)6-4-5-7-18(15,16)17-8-11(2,3)10(13)14/h4-6,10-11H,7-9,12-14H2,1-3H3;4-8H2,1-3H3,(H,13,14). The van der Waals surface area contributed by atoms with Crippen molar-refractivity contribution in [2.45, 2.75) is 86.7 Å². The molecule has 1 N–H and O–H groups in total. The van der Waals surface area contributed by atoms with Crippen molar-refractivity contribution >= 4 is 43.7 Å². The molecule has 0 aliphatic carbocycles. The fraction of sp³-hybridized carbons (Fsp3) is 0.655. The van der Waals surface area contributed by atoms with Gasteiger partial charge in [0, 0.05) is 12.8 Å². The molecule has 0 spiro atoms. The van der Waals surface area contributed by atoms with Gasteiger partial charge in [0.25, 0.3) is 20.2 Å². The van der Waals surface area contributed by atoms with E-state index in [9.17, 15) is 36.0 Å². The third-order valence-corrected chi connectivity index (χ3v) is 8.42. The summed E-state index contributed by atoms with van der Waals surface area (Å²) < 4.78 is 61.5. The van der Waals surface area contributed by atoms with Gasteiger partial charge in [0.1, 0.15) is 18.2 Å². The Morgan fingerprint density at radius 1 is 0.698 bits per heavy atom. The SMILES string of the molecule is CC(=O)CCCCS(=O)(=O)OCC(C)(C)C(=O)O.CC(=O)CCCCS(=O)(=O)OCC(C)(C)C(=O)OCc1ccccc1. The smallest absolute Gasteiger partial charge is 0.314 e. The molecular weight excluding hydrogens is 604 g/mol. The number of Topliss-reactive ketones (excluding diaryl/α,β-unsaturated/α-hetero) is 2. The van der Waals surface area contributed by atoms with Crippen LogP contribution in [-0.4, -0.2) is 70.2 Å². The van der Waals surface area contributed by atoms with Crippen LogP contribution in [-0.2, 0) is 59.1 Å². The Morgan fingerprint density at radius 2 is 1.12 bits per heavy atom. The molecule has 14 heteroatoms. The van der Waals surface area contributed by atoms with E-state index in [0.29, 0.717) is 38.5 Å². The summed E-state index contributed by atoms with van der Waals surface area (Å²) in [6.07, 6.45) is 2.36. The number of rotatable bonds is 20. The maximum absolute atomic E-state index is 12.2. The van der Waals surface area contributed by atoms with Gasteiger partial charge in [0.2, 0.25) is 0 Å². The lowest BCUT2D eigenvalue weighted by Gasteiger charge is -2.22. The van der Waals surface area contributed by atoms with Crippen LogP contribution in [0.5, 0.6) is 0 Å². The fourth-order valence-corrected chi connectivity index (χ4v) is 5.24. The fourth-order valence-electron chi connectivity index (χ4n) is 2.94. The van der Waals surface area contributed by atoms with Gasteiger partial charge in [-0.25, -0.2) is 0 Å². The van der Waals surface area contributed by atoms with Gasteiger partial charge >= 0.3 is 11.9 Å². The Morgan fingerprint density at radius 3 is 1.51 bits per heavy atom. The first-order valence-electron chi connectivity index (χ1n) is 13.9. The first kappa shape index (κ1) is 40.3. The second kappa shape index (κ2) is 18.9. The van der Waals surface area contributed by atoms with E-state index in [1.165, 1.54) is 27.7 Å². The van der Waals surface area contributed by atoms with E-state index in [1.54, 1.807) is 13.8 Å². The molecule has 0 aromatic heterocycles. The minimum absolute atomic E-state index is 0.0142. The molecule has 12 nitrogen and oxygen atoms in total. The Kier molecular flexibility index (Phi) is 17.7. The normalized spacial score (nSPS) is 12.1. The van der Waals surface area contributed by atoms with Gasteiger partial charge in [0.05, 0.1) is 35.5 Å². The lowest BCUT2D eigenvalue weighted by Crippen LogP contribution is -2.33. The van der Waals surface area contributed by atoms with E-state index >= 15 is 0 Å². The van der Waals surface area contributed by atoms with Crippen molar-refractivity contribution in [3.05, 3.63) is 35.9 Å². The van der Waals surface area contributed by atoms with E-state index < -0.39 is 49.6 Å². The van der Waals surface area contributed by atoms with E-state index in [2.05, 4.69) is 4.18 Å². The molecule has 0 fully saturated rings. The molecular formula is C29H46O12S2. The summed E-state index contributed by atoms with van der Waals surface area (Å²) in [7, 11) is -7.45. The summed E-state index contributed by atoms with van der Waals surface area (Å²) >= 11 is 0. The third-order valence-electron chi connectivity index (χ3n) is 5.89.